The standard InChI is InChI=1S/C16H13N7OS/c17-6-11-10-4-5-22(7-13(10)25-15(11)18)16(24)12-2-1-3-14(21-12)23-9-19-8-20-23/h1-3,8-9H,4-5,7,18H2. The Morgan fingerprint density at radius 3 is 3.04 bits per heavy atom. The Bertz CT molecular complexity index is 987. The van der Waals surface area contributed by atoms with Crippen LogP contribution in [0.4, 0.5) is 5.00 Å². The minimum Gasteiger partial charge on any atom is -0.389 e. The van der Waals surface area contributed by atoms with E-state index >= 15 is 0 Å². The van der Waals surface area contributed by atoms with Gasteiger partial charge in [-0.2, -0.15) is 10.4 Å². The number of amides is 1. The summed E-state index contributed by atoms with van der Waals surface area (Å²) in [6.07, 6.45) is 3.57. The summed E-state index contributed by atoms with van der Waals surface area (Å²) in [6, 6.07) is 7.37. The fourth-order valence-corrected chi connectivity index (χ4v) is 3.96. The van der Waals surface area contributed by atoms with Crippen LogP contribution in [0.15, 0.2) is 30.9 Å². The minimum atomic E-state index is -0.155. The predicted octanol–water partition coefficient (Wildman–Crippen LogP) is 1.38. The molecule has 8 nitrogen and oxygen atoms in total. The number of anilines is 1. The summed E-state index contributed by atoms with van der Waals surface area (Å²) in [6.45, 7) is 0.978. The van der Waals surface area contributed by atoms with Crippen LogP contribution in [-0.4, -0.2) is 37.1 Å². The summed E-state index contributed by atoms with van der Waals surface area (Å²) in [7, 11) is 0. The molecule has 0 bridgehead atoms. The second-order valence-corrected chi connectivity index (χ2v) is 6.69. The van der Waals surface area contributed by atoms with Crippen LogP contribution in [0.2, 0.25) is 0 Å². The lowest BCUT2D eigenvalue weighted by Crippen LogP contribution is -2.36. The number of aromatic nitrogens is 4. The molecule has 3 aromatic rings. The number of nitrogens with zero attached hydrogens (tertiary/aromatic N) is 6. The number of pyridine rings is 1. The van der Waals surface area contributed by atoms with Crippen LogP contribution in [0.25, 0.3) is 5.82 Å². The van der Waals surface area contributed by atoms with Crippen LogP contribution in [0.3, 0.4) is 0 Å². The molecule has 0 aliphatic carbocycles. The van der Waals surface area contributed by atoms with Crippen LogP contribution in [0, 0.1) is 11.3 Å². The van der Waals surface area contributed by atoms with Crippen molar-refractivity contribution in [2.24, 2.45) is 0 Å². The van der Waals surface area contributed by atoms with Crippen LogP contribution >= 0.6 is 11.3 Å². The Morgan fingerprint density at radius 1 is 1.40 bits per heavy atom. The van der Waals surface area contributed by atoms with Crippen molar-refractivity contribution in [3.05, 3.63) is 52.6 Å². The van der Waals surface area contributed by atoms with Crippen molar-refractivity contribution in [3.8, 4) is 11.9 Å². The van der Waals surface area contributed by atoms with Crippen molar-refractivity contribution in [1.29, 1.82) is 5.26 Å². The molecule has 9 heteroatoms. The lowest BCUT2D eigenvalue weighted by Gasteiger charge is -2.26. The highest BCUT2D eigenvalue weighted by Crippen LogP contribution is 2.34. The minimum absolute atomic E-state index is 0.155. The zero-order valence-corrected chi connectivity index (χ0v) is 13.9. The molecular formula is C16H13N7OS. The van der Waals surface area contributed by atoms with Gasteiger partial charge < -0.3 is 10.6 Å². The number of rotatable bonds is 2. The van der Waals surface area contributed by atoms with Gasteiger partial charge in [0.1, 0.15) is 29.4 Å². The van der Waals surface area contributed by atoms with Gasteiger partial charge in [-0.25, -0.2) is 14.6 Å². The summed E-state index contributed by atoms with van der Waals surface area (Å²) in [4.78, 5) is 23.8. The van der Waals surface area contributed by atoms with E-state index in [0.29, 0.717) is 41.6 Å². The van der Waals surface area contributed by atoms with Crippen molar-refractivity contribution >= 4 is 22.2 Å². The number of thiophene rings is 1. The summed E-state index contributed by atoms with van der Waals surface area (Å²) >= 11 is 1.38. The van der Waals surface area contributed by atoms with E-state index in [1.165, 1.54) is 28.7 Å². The van der Waals surface area contributed by atoms with Crippen LogP contribution < -0.4 is 5.73 Å². The maximum Gasteiger partial charge on any atom is 0.272 e. The first kappa shape index (κ1) is 15.3. The van der Waals surface area contributed by atoms with E-state index in [-0.39, 0.29) is 5.91 Å². The lowest BCUT2D eigenvalue weighted by atomic mass is 10.0. The van der Waals surface area contributed by atoms with Crippen molar-refractivity contribution in [2.75, 3.05) is 12.3 Å². The zero-order valence-electron chi connectivity index (χ0n) is 13.1. The monoisotopic (exact) mass is 351 g/mol. The van der Waals surface area contributed by atoms with Gasteiger partial charge in [0, 0.05) is 11.4 Å². The Balaban J connectivity index is 1.60. The van der Waals surface area contributed by atoms with Gasteiger partial charge in [0.25, 0.3) is 5.91 Å². The van der Waals surface area contributed by atoms with Gasteiger partial charge in [0.05, 0.1) is 12.1 Å². The van der Waals surface area contributed by atoms with E-state index in [0.717, 1.165) is 10.4 Å². The second-order valence-electron chi connectivity index (χ2n) is 5.55. The molecule has 1 amide bonds. The predicted molar refractivity (Wildman–Crippen MR) is 91.0 cm³/mol. The molecule has 0 fully saturated rings. The Morgan fingerprint density at radius 2 is 2.28 bits per heavy atom. The van der Waals surface area contributed by atoms with Gasteiger partial charge in [-0.3, -0.25) is 4.79 Å². The topological polar surface area (TPSA) is 114 Å². The molecule has 0 atom stereocenters. The quantitative estimate of drug-likeness (QED) is 0.746. The molecule has 0 aromatic carbocycles. The lowest BCUT2D eigenvalue weighted by molar-refractivity contribution is 0.0731. The third-order valence-electron chi connectivity index (χ3n) is 4.09. The van der Waals surface area contributed by atoms with E-state index < -0.39 is 0 Å². The van der Waals surface area contributed by atoms with E-state index in [1.807, 2.05) is 0 Å². The number of carbonyl (C=O) groups is 1. The van der Waals surface area contributed by atoms with E-state index in [2.05, 4.69) is 21.1 Å². The fraction of sp³-hybridized carbons (Fsp3) is 0.188. The Labute approximate surface area is 147 Å². The fourth-order valence-electron chi connectivity index (χ4n) is 2.88. The Kier molecular flexibility index (Phi) is 3.66. The van der Waals surface area contributed by atoms with Gasteiger partial charge in [-0.1, -0.05) is 6.07 Å². The normalized spacial score (nSPS) is 13.3. The number of hydrogen-bond donors (Lipinski definition) is 1. The number of hydrogen-bond acceptors (Lipinski definition) is 7. The molecule has 0 saturated heterocycles. The maximum atomic E-state index is 12.8. The molecule has 25 heavy (non-hydrogen) atoms. The van der Waals surface area contributed by atoms with Crippen molar-refractivity contribution in [1.82, 2.24) is 24.6 Å². The summed E-state index contributed by atoms with van der Waals surface area (Å²) in [5.41, 5.74) is 7.78. The third-order valence-corrected chi connectivity index (χ3v) is 5.14. The zero-order chi connectivity index (χ0) is 17.4. The molecule has 0 unspecified atom stereocenters. The maximum absolute atomic E-state index is 12.8. The number of nitrogen functional groups attached to an aromatic ring is 1. The summed E-state index contributed by atoms with van der Waals surface area (Å²) in [5.74, 6) is 0.381. The smallest absolute Gasteiger partial charge is 0.272 e. The van der Waals surface area contributed by atoms with Crippen molar-refractivity contribution in [3.63, 3.8) is 0 Å². The molecule has 124 valence electrons. The van der Waals surface area contributed by atoms with Crippen molar-refractivity contribution in [2.45, 2.75) is 13.0 Å². The summed E-state index contributed by atoms with van der Waals surface area (Å²) in [5, 5.41) is 13.8. The highest BCUT2D eigenvalue weighted by molar-refractivity contribution is 7.16. The van der Waals surface area contributed by atoms with Crippen LogP contribution in [0.1, 0.15) is 26.5 Å². The molecule has 0 radical (unpaired) electrons. The first-order valence-corrected chi connectivity index (χ1v) is 8.40. The first-order valence-electron chi connectivity index (χ1n) is 7.59. The van der Waals surface area contributed by atoms with Gasteiger partial charge in [-0.15, -0.1) is 11.3 Å². The summed E-state index contributed by atoms with van der Waals surface area (Å²) < 4.78 is 1.50. The van der Waals surface area contributed by atoms with Gasteiger partial charge >= 0.3 is 0 Å². The van der Waals surface area contributed by atoms with E-state index in [4.69, 9.17) is 5.73 Å². The molecule has 4 heterocycles. The molecule has 0 saturated carbocycles. The molecular weight excluding hydrogens is 338 g/mol. The highest BCUT2D eigenvalue weighted by Gasteiger charge is 2.27. The molecule has 1 aliphatic heterocycles. The van der Waals surface area contributed by atoms with Crippen LogP contribution in [-0.2, 0) is 13.0 Å². The first-order chi connectivity index (χ1) is 12.2. The SMILES string of the molecule is N#Cc1c(N)sc2c1CCN(C(=O)c1cccc(-n3cncn3)n1)C2. The number of fused-ring (bicyclic) bond motifs is 1. The van der Waals surface area contributed by atoms with E-state index in [1.54, 1.807) is 23.1 Å². The van der Waals surface area contributed by atoms with Crippen molar-refractivity contribution < 1.29 is 4.79 Å². The average Bonchev–Trinajstić information content (AvgIpc) is 3.27. The van der Waals surface area contributed by atoms with Crippen LogP contribution in [0.5, 0.6) is 0 Å². The molecule has 4 rings (SSSR count). The van der Waals surface area contributed by atoms with Gasteiger partial charge in [-0.05, 0) is 24.1 Å². The number of nitrogens with two attached hydrogens (primary N) is 1. The Hall–Kier alpha value is -3.25. The molecule has 2 N–H and O–H groups in total. The average molecular weight is 351 g/mol. The molecule has 1 aliphatic rings. The third kappa shape index (κ3) is 2.62. The highest BCUT2D eigenvalue weighted by atomic mass is 32.1. The number of nitriles is 1. The number of carbonyl (C=O) groups excluding carboxylic acids is 1. The molecule has 0 spiro atoms. The van der Waals surface area contributed by atoms with Gasteiger partial charge in [0.15, 0.2) is 5.82 Å². The largest absolute Gasteiger partial charge is 0.389 e. The second kappa shape index (κ2) is 5.99. The van der Waals surface area contributed by atoms with Gasteiger partial charge in [0.2, 0.25) is 0 Å². The molecule has 3 aromatic heterocycles. The van der Waals surface area contributed by atoms with E-state index in [9.17, 15) is 10.1 Å².